The van der Waals surface area contributed by atoms with E-state index < -0.39 is 0 Å². The highest BCUT2D eigenvalue weighted by Gasteiger charge is 2.37. The monoisotopic (exact) mass is 408 g/mol. The summed E-state index contributed by atoms with van der Waals surface area (Å²) in [4.78, 5) is 28.0. The highest BCUT2D eigenvalue weighted by molar-refractivity contribution is 6.33. The summed E-state index contributed by atoms with van der Waals surface area (Å²) in [5.74, 6) is 0.889. The Bertz CT molecular complexity index is 774. The van der Waals surface area contributed by atoms with E-state index in [0.717, 1.165) is 12.8 Å². The van der Waals surface area contributed by atoms with Gasteiger partial charge in [0.1, 0.15) is 6.61 Å². The van der Waals surface area contributed by atoms with Crippen molar-refractivity contribution in [3.8, 4) is 11.5 Å². The molecule has 0 radical (unpaired) electrons. The first-order valence-corrected chi connectivity index (χ1v) is 9.66. The van der Waals surface area contributed by atoms with Crippen molar-refractivity contribution in [3.63, 3.8) is 0 Å². The van der Waals surface area contributed by atoms with Crippen LogP contribution in [0, 0.1) is 0 Å². The van der Waals surface area contributed by atoms with Gasteiger partial charge in [0.25, 0.3) is 0 Å². The third-order valence-electron chi connectivity index (χ3n) is 5.22. The van der Waals surface area contributed by atoms with Gasteiger partial charge >= 0.3 is 6.09 Å². The fourth-order valence-corrected chi connectivity index (χ4v) is 4.00. The molecule has 1 aromatic carbocycles. The van der Waals surface area contributed by atoms with Crippen molar-refractivity contribution in [3.05, 3.63) is 28.8 Å². The summed E-state index contributed by atoms with van der Waals surface area (Å²) in [5, 5.41) is 0.395. The van der Waals surface area contributed by atoms with Crippen LogP contribution in [0.5, 0.6) is 11.5 Å². The van der Waals surface area contributed by atoms with Crippen molar-refractivity contribution < 1.29 is 23.8 Å². The smallest absolute Gasteiger partial charge is 0.410 e. The lowest BCUT2D eigenvalue weighted by molar-refractivity contribution is -0.127. The van der Waals surface area contributed by atoms with E-state index in [2.05, 4.69) is 0 Å². The van der Waals surface area contributed by atoms with Crippen molar-refractivity contribution >= 4 is 29.7 Å². The Hall–Kier alpha value is -2.41. The maximum Gasteiger partial charge on any atom is 0.410 e. The van der Waals surface area contributed by atoms with E-state index in [1.807, 2.05) is 6.92 Å². The van der Waals surface area contributed by atoms with Crippen LogP contribution >= 0.6 is 11.6 Å². The lowest BCUT2D eigenvalue weighted by Crippen LogP contribution is -2.48. The van der Waals surface area contributed by atoms with Crippen LogP contribution in [0.15, 0.2) is 18.2 Å². The van der Waals surface area contributed by atoms with Gasteiger partial charge in [-0.05, 0) is 43.5 Å². The Morgan fingerprint density at radius 3 is 2.54 bits per heavy atom. The number of nitrogens with zero attached hydrogens (tertiary/aromatic N) is 2. The van der Waals surface area contributed by atoms with E-state index in [9.17, 15) is 9.59 Å². The number of hydrogen-bond acceptors (Lipinski definition) is 5. The molecule has 0 bridgehead atoms. The quantitative estimate of drug-likeness (QED) is 0.700. The molecule has 0 spiro atoms. The second kappa shape index (κ2) is 8.73. The Morgan fingerprint density at radius 1 is 1.25 bits per heavy atom. The molecule has 3 rings (SSSR count). The van der Waals surface area contributed by atoms with Crippen molar-refractivity contribution in [2.24, 2.45) is 0 Å². The van der Waals surface area contributed by atoms with Crippen LogP contribution in [0.3, 0.4) is 0 Å². The first kappa shape index (κ1) is 20.3. The van der Waals surface area contributed by atoms with Crippen LogP contribution in [0.2, 0.25) is 5.02 Å². The van der Waals surface area contributed by atoms with Crippen LogP contribution in [-0.4, -0.2) is 67.8 Å². The number of halogens is 1. The maximum atomic E-state index is 12.6. The molecule has 7 nitrogen and oxygen atoms in total. The molecule has 2 fully saturated rings. The van der Waals surface area contributed by atoms with Gasteiger partial charge in [-0.1, -0.05) is 11.6 Å². The highest BCUT2D eigenvalue weighted by Crippen LogP contribution is 2.37. The Kier molecular flexibility index (Phi) is 6.34. The van der Waals surface area contributed by atoms with Crippen LogP contribution in [-0.2, 0) is 9.53 Å². The zero-order chi connectivity index (χ0) is 20.3. The van der Waals surface area contributed by atoms with Gasteiger partial charge in [-0.25, -0.2) is 4.79 Å². The number of benzene rings is 1. The number of likely N-dealkylation sites (tertiary alicyclic amines) is 1. The molecule has 28 heavy (non-hydrogen) atoms. The maximum absolute atomic E-state index is 12.6. The molecule has 0 N–H and O–H groups in total. The van der Waals surface area contributed by atoms with Crippen LogP contribution < -0.4 is 9.47 Å². The van der Waals surface area contributed by atoms with Gasteiger partial charge < -0.3 is 19.1 Å². The van der Waals surface area contributed by atoms with E-state index in [0.29, 0.717) is 41.8 Å². The van der Waals surface area contributed by atoms with Gasteiger partial charge in [0.2, 0.25) is 5.91 Å². The molecule has 1 unspecified atom stereocenters. The van der Waals surface area contributed by atoms with E-state index >= 15 is 0 Å². The number of hydrogen-bond donors (Lipinski definition) is 0. The summed E-state index contributed by atoms with van der Waals surface area (Å²) >= 11 is 6.35. The number of carbonyl (C=O) groups excluding carboxylic acids is 2. The molecule has 1 aromatic rings. The lowest BCUT2D eigenvalue weighted by atomic mass is 10.0. The summed E-state index contributed by atoms with van der Waals surface area (Å²) in [7, 11) is 3.06. The molecule has 152 valence electrons. The molecule has 0 aliphatic carbocycles. The fourth-order valence-electron chi connectivity index (χ4n) is 3.70. The number of amides is 2. The van der Waals surface area contributed by atoms with Crippen molar-refractivity contribution in [1.82, 2.24) is 9.80 Å². The number of cyclic esters (lactones) is 1. The number of ether oxygens (including phenoxy) is 3. The minimum atomic E-state index is -0.250. The molecule has 2 aliphatic rings. The first-order chi connectivity index (χ1) is 13.5. The lowest BCUT2D eigenvalue weighted by Gasteiger charge is -2.36. The molecule has 2 saturated heterocycles. The predicted octanol–water partition coefficient (Wildman–Crippen LogP) is 3.20. The third kappa shape index (κ3) is 4.04. The normalized spacial score (nSPS) is 20.6. The van der Waals surface area contributed by atoms with Gasteiger partial charge in [0.15, 0.2) is 11.5 Å². The third-order valence-corrected chi connectivity index (χ3v) is 5.61. The summed E-state index contributed by atoms with van der Waals surface area (Å²) in [6.07, 6.45) is 4.44. The van der Waals surface area contributed by atoms with Crippen molar-refractivity contribution in [1.29, 1.82) is 0 Å². The van der Waals surface area contributed by atoms with Crippen molar-refractivity contribution in [2.75, 3.05) is 33.9 Å². The van der Waals surface area contributed by atoms with E-state index in [1.165, 1.54) is 13.2 Å². The average molecular weight is 409 g/mol. The number of carbonyl (C=O) groups is 2. The topological polar surface area (TPSA) is 68.3 Å². The summed E-state index contributed by atoms with van der Waals surface area (Å²) in [6, 6.07) is 3.74. The van der Waals surface area contributed by atoms with Crippen LogP contribution in [0.25, 0.3) is 6.08 Å². The van der Waals surface area contributed by atoms with E-state index in [4.69, 9.17) is 25.8 Å². The van der Waals surface area contributed by atoms with Crippen LogP contribution in [0.4, 0.5) is 4.79 Å². The van der Waals surface area contributed by atoms with Gasteiger partial charge in [-0.3, -0.25) is 9.69 Å². The predicted molar refractivity (Wildman–Crippen MR) is 106 cm³/mol. The number of piperidine rings is 1. The first-order valence-electron chi connectivity index (χ1n) is 9.28. The Balaban J connectivity index is 1.61. The minimum Gasteiger partial charge on any atom is -0.493 e. The second-order valence-corrected chi connectivity index (χ2v) is 7.31. The number of methoxy groups -OCH3 is 2. The summed E-state index contributed by atoms with van der Waals surface area (Å²) in [6.45, 7) is 3.62. The van der Waals surface area contributed by atoms with E-state index in [1.54, 1.807) is 35.1 Å². The second-order valence-electron chi connectivity index (χ2n) is 6.93. The summed E-state index contributed by atoms with van der Waals surface area (Å²) in [5.41, 5.74) is 0.677. The molecule has 1 atom stereocenters. The Morgan fingerprint density at radius 2 is 1.96 bits per heavy atom. The van der Waals surface area contributed by atoms with E-state index in [-0.39, 0.29) is 24.1 Å². The van der Waals surface area contributed by atoms with Gasteiger partial charge in [-0.15, -0.1) is 0 Å². The zero-order valence-corrected chi connectivity index (χ0v) is 17.1. The molecule has 2 heterocycles. The van der Waals surface area contributed by atoms with Crippen molar-refractivity contribution in [2.45, 2.75) is 31.8 Å². The molecule has 2 amide bonds. The molecule has 8 heteroatoms. The standard InChI is InChI=1S/C20H25ClN2O5/c1-13-12-28-20(25)23(13)15-8-10-22(11-9-15)17(24)7-5-14-4-6-16(26-2)19(27-3)18(14)21/h4-7,13,15H,8-12H2,1-3H3. The molecular weight excluding hydrogens is 384 g/mol. The zero-order valence-electron chi connectivity index (χ0n) is 16.3. The summed E-state index contributed by atoms with van der Waals surface area (Å²) < 4.78 is 15.6. The highest BCUT2D eigenvalue weighted by atomic mass is 35.5. The minimum absolute atomic E-state index is 0.0821. The van der Waals surface area contributed by atoms with Gasteiger partial charge in [0, 0.05) is 25.2 Å². The SMILES string of the molecule is COc1ccc(C=CC(=O)N2CCC(N3C(=O)OCC3C)CC2)c(Cl)c1OC. The molecular formula is C20H25ClN2O5. The number of rotatable bonds is 5. The fraction of sp³-hybridized carbons (Fsp3) is 0.500. The van der Waals surface area contributed by atoms with Gasteiger partial charge in [0.05, 0.1) is 25.3 Å². The molecule has 0 saturated carbocycles. The Labute approximate surface area is 169 Å². The van der Waals surface area contributed by atoms with Gasteiger partial charge in [-0.2, -0.15) is 0 Å². The molecule has 2 aliphatic heterocycles. The average Bonchev–Trinajstić information content (AvgIpc) is 3.04. The largest absolute Gasteiger partial charge is 0.493 e. The van der Waals surface area contributed by atoms with Crippen LogP contribution in [0.1, 0.15) is 25.3 Å². The molecule has 0 aromatic heterocycles.